The van der Waals surface area contributed by atoms with Crippen molar-refractivity contribution in [2.24, 2.45) is 5.92 Å². The van der Waals surface area contributed by atoms with Crippen LogP contribution in [0.1, 0.15) is 18.5 Å². The van der Waals surface area contributed by atoms with Gasteiger partial charge in [0.1, 0.15) is 0 Å². The van der Waals surface area contributed by atoms with Gasteiger partial charge in [-0.25, -0.2) is 4.98 Å². The van der Waals surface area contributed by atoms with Gasteiger partial charge in [0, 0.05) is 17.3 Å². The Labute approximate surface area is 147 Å². The molecule has 0 atom stereocenters. The molecule has 0 bridgehead atoms. The van der Waals surface area contributed by atoms with E-state index in [-0.39, 0.29) is 23.2 Å². The molecule has 1 aromatic carbocycles. The van der Waals surface area contributed by atoms with Gasteiger partial charge in [0.15, 0.2) is 5.69 Å². The Balaban J connectivity index is 1.77. The molecule has 1 fully saturated rings. The fourth-order valence-corrected chi connectivity index (χ4v) is 2.87. The van der Waals surface area contributed by atoms with E-state index in [9.17, 15) is 22.8 Å². The molecule has 2 aromatic rings. The van der Waals surface area contributed by atoms with Crippen LogP contribution in [0.4, 0.5) is 18.9 Å². The van der Waals surface area contributed by atoms with Crippen molar-refractivity contribution in [3.05, 3.63) is 48.7 Å². The molecule has 0 spiro atoms. The quantitative estimate of drug-likeness (QED) is 0.819. The number of hydrogen-bond donors (Lipinski definition) is 2. The van der Waals surface area contributed by atoms with E-state index < -0.39 is 23.7 Å². The van der Waals surface area contributed by atoms with Crippen LogP contribution in [0.25, 0.3) is 10.9 Å². The molecule has 0 aliphatic heterocycles. The first-order chi connectivity index (χ1) is 12.3. The molecule has 26 heavy (non-hydrogen) atoms. The lowest BCUT2D eigenvalue weighted by Gasteiger charge is -2.34. The number of anilines is 1. The summed E-state index contributed by atoms with van der Waals surface area (Å²) in [5, 5.41) is 5.49. The van der Waals surface area contributed by atoms with Crippen LogP contribution in [0.3, 0.4) is 0 Å². The number of nitrogens with zero attached hydrogens (tertiary/aromatic N) is 1. The summed E-state index contributed by atoms with van der Waals surface area (Å²) in [6, 6.07) is 7.49. The van der Waals surface area contributed by atoms with Crippen LogP contribution in [0.15, 0.2) is 43.0 Å². The second kappa shape index (κ2) is 6.78. The van der Waals surface area contributed by atoms with Gasteiger partial charge in [0.2, 0.25) is 11.8 Å². The molecule has 1 heterocycles. The summed E-state index contributed by atoms with van der Waals surface area (Å²) in [6.45, 7) is 3.33. The van der Waals surface area contributed by atoms with Gasteiger partial charge in [-0.2, -0.15) is 13.2 Å². The van der Waals surface area contributed by atoms with Crippen molar-refractivity contribution in [2.75, 3.05) is 5.32 Å². The highest BCUT2D eigenvalue weighted by Crippen LogP contribution is 2.36. The number of fused-ring (bicyclic) bond motifs is 1. The summed E-state index contributed by atoms with van der Waals surface area (Å²) in [6.07, 6.45) is -2.82. The lowest BCUT2D eigenvalue weighted by Crippen LogP contribution is -2.47. The monoisotopic (exact) mass is 363 g/mol. The van der Waals surface area contributed by atoms with Gasteiger partial charge in [-0.15, -0.1) is 0 Å². The Bertz CT molecular complexity index is 874. The summed E-state index contributed by atoms with van der Waals surface area (Å²) in [5.74, 6) is -1.32. The first-order valence-electron chi connectivity index (χ1n) is 7.98. The van der Waals surface area contributed by atoms with Crippen molar-refractivity contribution in [1.29, 1.82) is 0 Å². The molecule has 8 heteroatoms. The van der Waals surface area contributed by atoms with Crippen LogP contribution in [0.2, 0.25) is 0 Å². The molecule has 1 saturated carbocycles. The number of rotatable bonds is 4. The number of benzene rings is 1. The van der Waals surface area contributed by atoms with Gasteiger partial charge in [-0.05, 0) is 31.1 Å². The van der Waals surface area contributed by atoms with Crippen LogP contribution in [0.5, 0.6) is 0 Å². The van der Waals surface area contributed by atoms with Crippen molar-refractivity contribution in [1.82, 2.24) is 10.3 Å². The van der Waals surface area contributed by atoms with Crippen molar-refractivity contribution < 1.29 is 22.8 Å². The molecular weight excluding hydrogens is 347 g/mol. The van der Waals surface area contributed by atoms with Gasteiger partial charge in [0.05, 0.1) is 11.2 Å². The SMILES string of the molecule is C=CC(=O)NC1CC(C(=O)Nc2cc3ccccc3nc2C(F)(F)F)C1. The maximum Gasteiger partial charge on any atom is 0.435 e. The molecule has 0 saturated heterocycles. The van der Waals surface area contributed by atoms with E-state index in [1.165, 1.54) is 12.1 Å². The fourth-order valence-electron chi connectivity index (χ4n) is 2.87. The molecule has 5 nitrogen and oxygen atoms in total. The maximum absolute atomic E-state index is 13.3. The minimum atomic E-state index is -4.69. The van der Waals surface area contributed by atoms with Crippen LogP contribution in [0, 0.1) is 5.92 Å². The molecule has 0 unspecified atom stereocenters. The molecular formula is C18H16F3N3O2. The molecule has 1 aromatic heterocycles. The summed E-state index contributed by atoms with van der Waals surface area (Å²) in [7, 11) is 0. The van der Waals surface area contributed by atoms with Gasteiger partial charge >= 0.3 is 6.18 Å². The fraction of sp³-hybridized carbons (Fsp3) is 0.278. The Morgan fingerprint density at radius 1 is 1.23 bits per heavy atom. The van der Waals surface area contributed by atoms with Gasteiger partial charge < -0.3 is 10.6 Å². The average molecular weight is 363 g/mol. The topological polar surface area (TPSA) is 71.1 Å². The molecule has 2 N–H and O–H groups in total. The van der Waals surface area contributed by atoms with E-state index in [0.29, 0.717) is 18.2 Å². The second-order valence-electron chi connectivity index (χ2n) is 6.14. The summed E-state index contributed by atoms with van der Waals surface area (Å²) >= 11 is 0. The molecule has 136 valence electrons. The minimum absolute atomic E-state index is 0.173. The molecule has 1 aliphatic carbocycles. The van der Waals surface area contributed by atoms with E-state index >= 15 is 0 Å². The number of para-hydroxylation sites is 1. The van der Waals surface area contributed by atoms with Crippen LogP contribution >= 0.6 is 0 Å². The van der Waals surface area contributed by atoms with Gasteiger partial charge in [-0.3, -0.25) is 9.59 Å². The highest BCUT2D eigenvalue weighted by atomic mass is 19.4. The van der Waals surface area contributed by atoms with Crippen LogP contribution < -0.4 is 10.6 Å². The van der Waals surface area contributed by atoms with E-state index in [0.717, 1.165) is 6.08 Å². The zero-order valence-electron chi connectivity index (χ0n) is 13.6. The zero-order valence-corrected chi connectivity index (χ0v) is 13.6. The molecule has 1 aliphatic rings. The number of aromatic nitrogens is 1. The predicted octanol–water partition coefficient (Wildman–Crippen LogP) is 3.27. The summed E-state index contributed by atoms with van der Waals surface area (Å²) in [4.78, 5) is 27.1. The van der Waals surface area contributed by atoms with Crippen LogP contribution in [-0.4, -0.2) is 22.8 Å². The minimum Gasteiger partial charge on any atom is -0.350 e. The predicted molar refractivity (Wildman–Crippen MR) is 90.2 cm³/mol. The number of nitrogens with one attached hydrogen (secondary N) is 2. The van der Waals surface area contributed by atoms with Crippen molar-refractivity contribution in [3.8, 4) is 0 Å². The number of carbonyl (C=O) groups excluding carboxylic acids is 2. The number of halogens is 3. The maximum atomic E-state index is 13.3. The standard InChI is InChI=1S/C18H16F3N3O2/c1-2-15(25)22-12-7-11(8-12)17(26)24-14-9-10-5-3-4-6-13(10)23-16(14)18(19,20)21/h2-6,9,11-12H,1,7-8H2,(H,22,25)(H,24,26). The normalized spacial score (nSPS) is 19.5. The Morgan fingerprint density at radius 3 is 2.58 bits per heavy atom. The first kappa shape index (κ1) is 17.9. The third-order valence-corrected chi connectivity index (χ3v) is 4.29. The molecule has 0 radical (unpaired) electrons. The van der Waals surface area contributed by atoms with Gasteiger partial charge in [0.25, 0.3) is 0 Å². The smallest absolute Gasteiger partial charge is 0.350 e. The van der Waals surface area contributed by atoms with Crippen molar-refractivity contribution >= 4 is 28.4 Å². The number of alkyl halides is 3. The molecule has 2 amide bonds. The van der Waals surface area contributed by atoms with E-state index in [2.05, 4.69) is 22.2 Å². The number of pyridine rings is 1. The Hall–Kier alpha value is -2.90. The van der Waals surface area contributed by atoms with E-state index in [4.69, 9.17) is 0 Å². The average Bonchev–Trinajstić information content (AvgIpc) is 2.55. The third kappa shape index (κ3) is 3.68. The lowest BCUT2D eigenvalue weighted by atomic mass is 9.79. The highest BCUT2D eigenvalue weighted by Gasteiger charge is 2.39. The first-order valence-corrected chi connectivity index (χ1v) is 7.98. The Morgan fingerprint density at radius 2 is 1.92 bits per heavy atom. The molecule has 3 rings (SSSR count). The largest absolute Gasteiger partial charge is 0.435 e. The third-order valence-electron chi connectivity index (χ3n) is 4.29. The zero-order chi connectivity index (χ0) is 18.9. The lowest BCUT2D eigenvalue weighted by molar-refractivity contribution is -0.140. The number of hydrogen-bond acceptors (Lipinski definition) is 3. The van der Waals surface area contributed by atoms with Crippen molar-refractivity contribution in [3.63, 3.8) is 0 Å². The highest BCUT2D eigenvalue weighted by molar-refractivity contribution is 5.96. The number of amides is 2. The van der Waals surface area contributed by atoms with E-state index in [1.54, 1.807) is 18.2 Å². The second-order valence-corrected chi connectivity index (χ2v) is 6.14. The van der Waals surface area contributed by atoms with Gasteiger partial charge in [-0.1, -0.05) is 24.8 Å². The summed E-state index contributed by atoms with van der Waals surface area (Å²) < 4.78 is 39.9. The van der Waals surface area contributed by atoms with E-state index in [1.807, 2.05) is 0 Å². The number of carbonyl (C=O) groups is 2. The summed E-state index contributed by atoms with van der Waals surface area (Å²) in [5.41, 5.74) is -1.28. The van der Waals surface area contributed by atoms with Crippen LogP contribution in [-0.2, 0) is 15.8 Å². The Kier molecular flexibility index (Phi) is 4.67. The van der Waals surface area contributed by atoms with Crippen molar-refractivity contribution in [2.45, 2.75) is 25.1 Å².